The number of nitrogens with one attached hydrogen (secondary N) is 1. The SMILES string of the molecule is CCNC(C)c1ccc(Oc2cc(C)ccc2C)cc1Cl. The molecule has 1 N–H and O–H groups in total. The highest BCUT2D eigenvalue weighted by atomic mass is 35.5. The zero-order chi connectivity index (χ0) is 15.4. The zero-order valence-electron chi connectivity index (χ0n) is 13.0. The molecule has 3 heteroatoms. The van der Waals surface area contributed by atoms with Crippen LogP contribution >= 0.6 is 11.6 Å². The molecule has 112 valence electrons. The number of ether oxygens (including phenoxy) is 1. The van der Waals surface area contributed by atoms with Gasteiger partial charge in [-0.05, 0) is 62.2 Å². The van der Waals surface area contributed by atoms with E-state index in [1.165, 1.54) is 5.56 Å². The number of hydrogen-bond donors (Lipinski definition) is 1. The topological polar surface area (TPSA) is 21.3 Å². The molecule has 0 saturated heterocycles. The van der Waals surface area contributed by atoms with Crippen LogP contribution in [-0.2, 0) is 0 Å². The maximum absolute atomic E-state index is 6.38. The van der Waals surface area contributed by atoms with E-state index in [-0.39, 0.29) is 6.04 Å². The van der Waals surface area contributed by atoms with Crippen molar-refractivity contribution in [3.8, 4) is 11.5 Å². The lowest BCUT2D eigenvalue weighted by Crippen LogP contribution is -2.17. The summed E-state index contributed by atoms with van der Waals surface area (Å²) >= 11 is 6.38. The molecule has 0 aromatic heterocycles. The molecular weight excluding hydrogens is 282 g/mol. The van der Waals surface area contributed by atoms with Crippen molar-refractivity contribution in [2.75, 3.05) is 6.54 Å². The number of rotatable bonds is 5. The van der Waals surface area contributed by atoms with Gasteiger partial charge in [-0.1, -0.05) is 36.7 Å². The summed E-state index contributed by atoms with van der Waals surface area (Å²) in [7, 11) is 0. The van der Waals surface area contributed by atoms with Gasteiger partial charge in [0.1, 0.15) is 11.5 Å². The Labute approximate surface area is 132 Å². The van der Waals surface area contributed by atoms with Crippen molar-refractivity contribution in [2.24, 2.45) is 0 Å². The van der Waals surface area contributed by atoms with Gasteiger partial charge in [0, 0.05) is 11.1 Å². The first-order chi connectivity index (χ1) is 10.0. The number of halogens is 1. The minimum atomic E-state index is 0.234. The normalized spacial score (nSPS) is 12.2. The van der Waals surface area contributed by atoms with E-state index in [9.17, 15) is 0 Å². The molecule has 21 heavy (non-hydrogen) atoms. The fraction of sp³-hybridized carbons (Fsp3) is 0.333. The van der Waals surface area contributed by atoms with Gasteiger partial charge in [-0.25, -0.2) is 0 Å². The highest BCUT2D eigenvalue weighted by molar-refractivity contribution is 6.31. The maximum atomic E-state index is 6.38. The molecule has 0 aliphatic heterocycles. The van der Waals surface area contributed by atoms with Crippen LogP contribution < -0.4 is 10.1 Å². The molecule has 0 fully saturated rings. The van der Waals surface area contributed by atoms with Crippen LogP contribution in [0.15, 0.2) is 36.4 Å². The molecule has 0 amide bonds. The summed E-state index contributed by atoms with van der Waals surface area (Å²) in [6.45, 7) is 9.20. The summed E-state index contributed by atoms with van der Waals surface area (Å²) < 4.78 is 5.96. The Morgan fingerprint density at radius 1 is 1.14 bits per heavy atom. The second-order valence-electron chi connectivity index (χ2n) is 5.33. The molecule has 0 heterocycles. The fourth-order valence-electron chi connectivity index (χ4n) is 2.28. The highest BCUT2D eigenvalue weighted by Crippen LogP contribution is 2.31. The summed E-state index contributed by atoms with van der Waals surface area (Å²) in [6, 6.07) is 12.3. The van der Waals surface area contributed by atoms with E-state index in [0.717, 1.165) is 34.2 Å². The first-order valence-corrected chi connectivity index (χ1v) is 7.67. The number of aryl methyl sites for hydroxylation is 2. The largest absolute Gasteiger partial charge is 0.457 e. The summed E-state index contributed by atoms with van der Waals surface area (Å²) in [4.78, 5) is 0. The van der Waals surface area contributed by atoms with Gasteiger partial charge in [0.25, 0.3) is 0 Å². The van der Waals surface area contributed by atoms with Gasteiger partial charge in [0.15, 0.2) is 0 Å². The first kappa shape index (κ1) is 15.9. The summed E-state index contributed by atoms with van der Waals surface area (Å²) in [5, 5.41) is 4.09. The molecule has 1 unspecified atom stereocenters. The van der Waals surface area contributed by atoms with E-state index in [2.05, 4.69) is 38.2 Å². The smallest absolute Gasteiger partial charge is 0.130 e. The van der Waals surface area contributed by atoms with Crippen LogP contribution in [0.5, 0.6) is 11.5 Å². The lowest BCUT2D eigenvalue weighted by Gasteiger charge is -2.16. The average Bonchev–Trinajstić information content (AvgIpc) is 2.43. The van der Waals surface area contributed by atoms with E-state index in [0.29, 0.717) is 0 Å². The van der Waals surface area contributed by atoms with Crippen LogP contribution in [0.2, 0.25) is 5.02 Å². The molecule has 0 aliphatic rings. The molecule has 0 bridgehead atoms. The zero-order valence-corrected chi connectivity index (χ0v) is 13.8. The predicted octanol–water partition coefficient (Wildman–Crippen LogP) is 5.42. The van der Waals surface area contributed by atoms with Crippen LogP contribution in [-0.4, -0.2) is 6.54 Å². The molecule has 0 aliphatic carbocycles. The number of hydrogen-bond acceptors (Lipinski definition) is 2. The van der Waals surface area contributed by atoms with Gasteiger partial charge in [-0.3, -0.25) is 0 Å². The summed E-state index contributed by atoms with van der Waals surface area (Å²) in [5.74, 6) is 1.64. The molecular formula is C18H22ClNO. The van der Waals surface area contributed by atoms with Crippen LogP contribution in [0, 0.1) is 13.8 Å². The van der Waals surface area contributed by atoms with E-state index >= 15 is 0 Å². The van der Waals surface area contributed by atoms with Crippen molar-refractivity contribution in [3.05, 3.63) is 58.1 Å². The average molecular weight is 304 g/mol. The Hall–Kier alpha value is -1.51. The standard InChI is InChI=1S/C18H22ClNO/c1-5-20-14(4)16-9-8-15(11-17(16)19)21-18-10-12(2)6-7-13(18)3/h6-11,14,20H,5H2,1-4H3. The first-order valence-electron chi connectivity index (χ1n) is 7.29. The second kappa shape index (κ2) is 6.97. The maximum Gasteiger partial charge on any atom is 0.130 e. The van der Waals surface area contributed by atoms with E-state index < -0.39 is 0 Å². The molecule has 1 atom stereocenters. The Morgan fingerprint density at radius 2 is 1.90 bits per heavy atom. The van der Waals surface area contributed by atoms with Crippen LogP contribution in [0.4, 0.5) is 0 Å². The van der Waals surface area contributed by atoms with Crippen molar-refractivity contribution >= 4 is 11.6 Å². The molecule has 0 radical (unpaired) electrons. The van der Waals surface area contributed by atoms with Gasteiger partial charge >= 0.3 is 0 Å². The van der Waals surface area contributed by atoms with Gasteiger partial charge in [0.2, 0.25) is 0 Å². The van der Waals surface area contributed by atoms with Crippen molar-refractivity contribution in [3.63, 3.8) is 0 Å². The van der Waals surface area contributed by atoms with Crippen molar-refractivity contribution in [1.29, 1.82) is 0 Å². The molecule has 2 rings (SSSR count). The predicted molar refractivity (Wildman–Crippen MR) is 89.5 cm³/mol. The lowest BCUT2D eigenvalue weighted by atomic mass is 10.1. The van der Waals surface area contributed by atoms with E-state index in [1.54, 1.807) is 0 Å². The van der Waals surface area contributed by atoms with Crippen LogP contribution in [0.3, 0.4) is 0 Å². The highest BCUT2D eigenvalue weighted by Gasteiger charge is 2.10. The number of benzene rings is 2. The lowest BCUT2D eigenvalue weighted by molar-refractivity contribution is 0.478. The Bertz CT molecular complexity index is 625. The quantitative estimate of drug-likeness (QED) is 0.796. The van der Waals surface area contributed by atoms with E-state index in [4.69, 9.17) is 16.3 Å². The van der Waals surface area contributed by atoms with Crippen molar-refractivity contribution in [2.45, 2.75) is 33.7 Å². The van der Waals surface area contributed by atoms with Gasteiger partial charge in [-0.2, -0.15) is 0 Å². The summed E-state index contributed by atoms with van der Waals surface area (Å²) in [5.41, 5.74) is 3.38. The van der Waals surface area contributed by atoms with Crippen LogP contribution in [0.1, 0.15) is 36.6 Å². The summed E-state index contributed by atoms with van der Waals surface area (Å²) in [6.07, 6.45) is 0. The molecule has 2 nitrogen and oxygen atoms in total. The molecule has 2 aromatic carbocycles. The van der Waals surface area contributed by atoms with Gasteiger partial charge in [-0.15, -0.1) is 0 Å². The Balaban J connectivity index is 2.22. The van der Waals surface area contributed by atoms with Gasteiger partial charge < -0.3 is 10.1 Å². The second-order valence-corrected chi connectivity index (χ2v) is 5.74. The minimum absolute atomic E-state index is 0.234. The third-order valence-corrected chi connectivity index (χ3v) is 3.85. The van der Waals surface area contributed by atoms with Crippen molar-refractivity contribution < 1.29 is 4.74 Å². The fourth-order valence-corrected chi connectivity index (χ4v) is 2.62. The van der Waals surface area contributed by atoms with E-state index in [1.807, 2.05) is 31.2 Å². The van der Waals surface area contributed by atoms with Gasteiger partial charge in [0.05, 0.1) is 0 Å². The molecule has 0 spiro atoms. The monoisotopic (exact) mass is 303 g/mol. The molecule has 0 saturated carbocycles. The third kappa shape index (κ3) is 3.99. The Kier molecular flexibility index (Phi) is 5.27. The third-order valence-electron chi connectivity index (χ3n) is 3.52. The Morgan fingerprint density at radius 3 is 2.57 bits per heavy atom. The van der Waals surface area contributed by atoms with Crippen LogP contribution in [0.25, 0.3) is 0 Å². The molecule has 2 aromatic rings. The van der Waals surface area contributed by atoms with Crippen molar-refractivity contribution in [1.82, 2.24) is 5.32 Å². The minimum Gasteiger partial charge on any atom is -0.457 e.